The Kier molecular flexibility index (Phi) is 7.00. The van der Waals surface area contributed by atoms with Gasteiger partial charge in [-0.1, -0.05) is 47.5 Å². The van der Waals surface area contributed by atoms with Crippen LogP contribution in [0.1, 0.15) is 45.2 Å². The van der Waals surface area contributed by atoms with Gasteiger partial charge in [0.15, 0.2) is 11.5 Å². The van der Waals surface area contributed by atoms with Crippen molar-refractivity contribution in [3.63, 3.8) is 0 Å². The summed E-state index contributed by atoms with van der Waals surface area (Å²) in [5, 5.41) is 3.85. The lowest BCUT2D eigenvalue weighted by Crippen LogP contribution is -2.27. The van der Waals surface area contributed by atoms with Crippen molar-refractivity contribution >= 4 is 23.4 Å². The number of benzene rings is 2. The summed E-state index contributed by atoms with van der Waals surface area (Å²) in [5.74, 6) is -1.49. The Morgan fingerprint density at radius 3 is 2.30 bits per heavy atom. The summed E-state index contributed by atoms with van der Waals surface area (Å²) in [4.78, 5) is 36.8. The van der Waals surface area contributed by atoms with E-state index in [1.165, 1.54) is 0 Å². The van der Waals surface area contributed by atoms with E-state index in [0.717, 1.165) is 11.1 Å². The van der Waals surface area contributed by atoms with Gasteiger partial charge in [0.05, 0.1) is 13.0 Å². The fourth-order valence-corrected chi connectivity index (χ4v) is 2.33. The van der Waals surface area contributed by atoms with E-state index in [-0.39, 0.29) is 24.5 Å². The molecule has 0 bridgehead atoms. The first-order valence-corrected chi connectivity index (χ1v) is 8.61. The number of hydrazone groups is 1. The maximum Gasteiger partial charge on any atom is 0.354 e. The van der Waals surface area contributed by atoms with Crippen LogP contribution in [0.4, 0.5) is 0 Å². The van der Waals surface area contributed by atoms with Crippen molar-refractivity contribution in [1.82, 2.24) is 5.43 Å². The molecule has 1 amide bonds. The minimum Gasteiger partial charge on any atom is -0.461 e. The number of amides is 1. The second-order valence-corrected chi connectivity index (χ2v) is 6.06. The van der Waals surface area contributed by atoms with Crippen molar-refractivity contribution in [1.29, 1.82) is 0 Å². The van der Waals surface area contributed by atoms with Gasteiger partial charge in [0, 0.05) is 11.1 Å². The molecule has 2 aromatic carbocycles. The van der Waals surface area contributed by atoms with Gasteiger partial charge in [0.25, 0.3) is 5.91 Å². The summed E-state index contributed by atoms with van der Waals surface area (Å²) in [6, 6.07) is 14.0. The van der Waals surface area contributed by atoms with Gasteiger partial charge in [-0.05, 0) is 32.9 Å². The van der Waals surface area contributed by atoms with E-state index in [4.69, 9.17) is 4.74 Å². The lowest BCUT2D eigenvalue weighted by molar-refractivity contribution is -0.135. The predicted octanol–water partition coefficient (Wildman–Crippen LogP) is 3.23. The van der Waals surface area contributed by atoms with Crippen molar-refractivity contribution in [2.75, 3.05) is 6.61 Å². The molecule has 0 aromatic heterocycles. The molecule has 0 saturated carbocycles. The van der Waals surface area contributed by atoms with Crippen LogP contribution in [0, 0.1) is 13.8 Å². The number of hydrogen-bond acceptors (Lipinski definition) is 5. The van der Waals surface area contributed by atoms with Crippen molar-refractivity contribution in [2.45, 2.75) is 27.2 Å². The van der Waals surface area contributed by atoms with E-state index in [1.807, 2.05) is 32.0 Å². The summed E-state index contributed by atoms with van der Waals surface area (Å²) >= 11 is 0. The van der Waals surface area contributed by atoms with E-state index in [1.54, 1.807) is 37.3 Å². The minimum atomic E-state index is -0.734. The summed E-state index contributed by atoms with van der Waals surface area (Å²) in [6.45, 7) is 5.58. The molecular formula is C21H22N2O4. The van der Waals surface area contributed by atoms with Gasteiger partial charge in [-0.2, -0.15) is 5.10 Å². The number of carbonyl (C=O) groups is 3. The molecule has 140 valence electrons. The second kappa shape index (κ2) is 9.43. The highest BCUT2D eigenvalue weighted by Crippen LogP contribution is 2.08. The molecule has 0 spiro atoms. The molecule has 6 nitrogen and oxygen atoms in total. The average Bonchev–Trinajstić information content (AvgIpc) is 2.65. The van der Waals surface area contributed by atoms with Crippen LogP contribution in [0.2, 0.25) is 0 Å². The largest absolute Gasteiger partial charge is 0.461 e. The smallest absolute Gasteiger partial charge is 0.354 e. The molecule has 2 aromatic rings. The summed E-state index contributed by atoms with van der Waals surface area (Å²) in [5.41, 5.74) is 5.00. The molecule has 0 aliphatic rings. The molecule has 0 atom stereocenters. The van der Waals surface area contributed by atoms with Crippen molar-refractivity contribution in [3.8, 4) is 0 Å². The minimum absolute atomic E-state index is 0.141. The SMILES string of the molecule is CCOC(=O)/C(CC(=O)c1ccc(C)cc1)=N\NC(=O)c1cccc(C)c1. The average molecular weight is 366 g/mol. The molecule has 0 aliphatic heterocycles. The molecule has 0 saturated heterocycles. The van der Waals surface area contributed by atoms with Gasteiger partial charge in [-0.3, -0.25) is 9.59 Å². The number of rotatable bonds is 7. The lowest BCUT2D eigenvalue weighted by atomic mass is 10.0. The molecular weight excluding hydrogens is 344 g/mol. The van der Waals surface area contributed by atoms with Crippen LogP contribution in [0.5, 0.6) is 0 Å². The Bertz CT molecular complexity index is 870. The van der Waals surface area contributed by atoms with Gasteiger partial charge in [0.1, 0.15) is 0 Å². The third kappa shape index (κ3) is 5.88. The Hall–Kier alpha value is -3.28. The Balaban J connectivity index is 2.16. The molecule has 0 fully saturated rings. The van der Waals surface area contributed by atoms with Crippen molar-refractivity contribution < 1.29 is 19.1 Å². The molecule has 1 N–H and O–H groups in total. The van der Waals surface area contributed by atoms with Crippen molar-refractivity contribution in [3.05, 3.63) is 70.8 Å². The van der Waals surface area contributed by atoms with Crippen LogP contribution in [0.15, 0.2) is 53.6 Å². The first-order valence-electron chi connectivity index (χ1n) is 8.61. The summed E-state index contributed by atoms with van der Waals surface area (Å²) in [6.07, 6.45) is -0.268. The molecule has 0 unspecified atom stereocenters. The number of hydrogen-bond donors (Lipinski definition) is 1. The number of aryl methyl sites for hydroxylation is 2. The summed E-state index contributed by atoms with van der Waals surface area (Å²) < 4.78 is 4.94. The first kappa shape index (κ1) is 20.0. The van der Waals surface area contributed by atoms with E-state index in [2.05, 4.69) is 10.5 Å². The third-order valence-electron chi connectivity index (χ3n) is 3.79. The topological polar surface area (TPSA) is 84.8 Å². The number of esters is 1. The van der Waals surface area contributed by atoms with Crippen LogP contribution in [0.3, 0.4) is 0 Å². The zero-order valence-electron chi connectivity index (χ0n) is 15.6. The Labute approximate surface area is 158 Å². The Morgan fingerprint density at radius 1 is 0.963 bits per heavy atom. The van der Waals surface area contributed by atoms with Crippen LogP contribution in [-0.2, 0) is 9.53 Å². The molecule has 0 aliphatic carbocycles. The van der Waals surface area contributed by atoms with Crippen LogP contribution in [0.25, 0.3) is 0 Å². The molecule has 6 heteroatoms. The lowest BCUT2D eigenvalue weighted by Gasteiger charge is -2.07. The monoisotopic (exact) mass is 366 g/mol. The zero-order valence-corrected chi connectivity index (χ0v) is 15.6. The van der Waals surface area contributed by atoms with E-state index in [9.17, 15) is 14.4 Å². The van der Waals surface area contributed by atoms with Crippen LogP contribution < -0.4 is 5.43 Å². The number of ether oxygens (including phenoxy) is 1. The predicted molar refractivity (Wildman–Crippen MR) is 103 cm³/mol. The highest BCUT2D eigenvalue weighted by Gasteiger charge is 2.19. The first-order chi connectivity index (χ1) is 12.9. The number of ketones is 1. The molecule has 0 radical (unpaired) electrons. The number of Topliss-reactive ketones (excluding diaryl/α,β-unsaturated/α-hetero) is 1. The van der Waals surface area contributed by atoms with Gasteiger partial charge in [-0.15, -0.1) is 0 Å². The van der Waals surface area contributed by atoms with E-state index in [0.29, 0.717) is 11.1 Å². The summed E-state index contributed by atoms with van der Waals surface area (Å²) in [7, 11) is 0. The zero-order chi connectivity index (χ0) is 19.8. The van der Waals surface area contributed by atoms with E-state index < -0.39 is 11.9 Å². The molecule has 0 heterocycles. The van der Waals surface area contributed by atoms with E-state index >= 15 is 0 Å². The normalized spacial score (nSPS) is 11.0. The molecule has 27 heavy (non-hydrogen) atoms. The van der Waals surface area contributed by atoms with Gasteiger partial charge < -0.3 is 4.74 Å². The fourth-order valence-electron chi connectivity index (χ4n) is 2.33. The highest BCUT2D eigenvalue weighted by molar-refractivity contribution is 6.40. The van der Waals surface area contributed by atoms with Gasteiger partial charge >= 0.3 is 5.97 Å². The fraction of sp³-hybridized carbons (Fsp3) is 0.238. The van der Waals surface area contributed by atoms with Crippen molar-refractivity contribution in [2.24, 2.45) is 5.10 Å². The quantitative estimate of drug-likeness (QED) is 0.353. The number of carbonyl (C=O) groups excluding carboxylic acids is 3. The third-order valence-corrected chi connectivity index (χ3v) is 3.79. The Morgan fingerprint density at radius 2 is 1.67 bits per heavy atom. The second-order valence-electron chi connectivity index (χ2n) is 6.06. The maximum atomic E-state index is 12.4. The highest BCUT2D eigenvalue weighted by atomic mass is 16.5. The van der Waals surface area contributed by atoms with Crippen LogP contribution in [-0.4, -0.2) is 30.0 Å². The maximum absolute atomic E-state index is 12.4. The van der Waals surface area contributed by atoms with Crippen LogP contribution >= 0.6 is 0 Å². The van der Waals surface area contributed by atoms with Gasteiger partial charge in [-0.25, -0.2) is 10.2 Å². The molecule has 2 rings (SSSR count). The van der Waals surface area contributed by atoms with Gasteiger partial charge in [0.2, 0.25) is 0 Å². The number of nitrogens with one attached hydrogen (secondary N) is 1. The number of nitrogens with zero attached hydrogens (tertiary/aromatic N) is 1. The standard InChI is InChI=1S/C21H22N2O4/c1-4-27-21(26)18(13-19(24)16-10-8-14(2)9-11-16)22-23-20(25)17-7-5-6-15(3)12-17/h5-12H,4,13H2,1-3H3,(H,23,25)/b22-18-.